The molecule has 0 bridgehead atoms. The highest BCUT2D eigenvalue weighted by atomic mass is 32.1. The number of thiazole rings is 2. The minimum atomic E-state index is -0.136. The lowest BCUT2D eigenvalue weighted by molar-refractivity contribution is 0.101. The lowest BCUT2D eigenvalue weighted by Crippen LogP contribution is -2.11. The van der Waals surface area contributed by atoms with Crippen LogP contribution in [0.5, 0.6) is 0 Å². The molecule has 200 valence electrons. The van der Waals surface area contributed by atoms with Gasteiger partial charge in [0.2, 0.25) is 0 Å². The van der Waals surface area contributed by atoms with Crippen molar-refractivity contribution in [3.05, 3.63) is 141 Å². The second-order valence-corrected chi connectivity index (χ2v) is 11.1. The Morgan fingerprint density at radius 2 is 0.927 bits per heavy atom. The predicted octanol–water partition coefficient (Wildman–Crippen LogP) is 8.03. The second-order valence-electron chi connectivity index (χ2n) is 9.22. The molecule has 2 N–H and O–H groups in total. The number of carbonyl (C=O) groups excluding carboxylic acids is 2. The highest BCUT2D eigenvalue weighted by Gasteiger charge is 2.11. The van der Waals surface area contributed by atoms with Crippen molar-refractivity contribution >= 4 is 45.9 Å². The number of benzene rings is 4. The van der Waals surface area contributed by atoms with Gasteiger partial charge in [-0.05, 0) is 48.5 Å². The summed E-state index contributed by atoms with van der Waals surface area (Å²) >= 11 is 3.22. The molecule has 0 aliphatic heterocycles. The molecule has 0 aliphatic rings. The Labute approximate surface area is 245 Å². The van der Waals surface area contributed by atoms with Gasteiger partial charge < -0.3 is 10.6 Å². The average molecular weight is 573 g/mol. The smallest absolute Gasteiger partial charge is 0.255 e. The first kappa shape index (κ1) is 26.3. The average Bonchev–Trinajstić information content (AvgIpc) is 3.69. The van der Waals surface area contributed by atoms with Gasteiger partial charge in [-0.3, -0.25) is 9.59 Å². The van der Waals surface area contributed by atoms with Crippen molar-refractivity contribution in [2.24, 2.45) is 0 Å². The maximum absolute atomic E-state index is 12.4. The molecule has 4 aromatic carbocycles. The van der Waals surface area contributed by atoms with Crippen LogP contribution in [0.1, 0.15) is 30.7 Å². The molecular formula is C33H24N4O2S2. The Bertz CT molecular complexity index is 1650. The number of nitrogens with zero attached hydrogens (tertiary/aromatic N) is 2. The van der Waals surface area contributed by atoms with Crippen LogP contribution in [0.25, 0.3) is 22.5 Å². The number of amides is 2. The van der Waals surface area contributed by atoms with Crippen LogP contribution in [-0.4, -0.2) is 21.8 Å². The zero-order valence-corrected chi connectivity index (χ0v) is 23.4. The van der Waals surface area contributed by atoms with E-state index in [1.165, 1.54) is 0 Å². The fourth-order valence-corrected chi connectivity index (χ4v) is 5.92. The summed E-state index contributed by atoms with van der Waals surface area (Å²) in [5, 5.41) is 11.9. The van der Waals surface area contributed by atoms with Crippen molar-refractivity contribution < 1.29 is 9.59 Å². The summed E-state index contributed by atoms with van der Waals surface area (Å²) in [7, 11) is 0. The molecule has 0 atom stereocenters. The van der Waals surface area contributed by atoms with Crippen molar-refractivity contribution in [1.29, 1.82) is 0 Å². The number of anilines is 2. The van der Waals surface area contributed by atoms with Crippen molar-refractivity contribution in [3.63, 3.8) is 0 Å². The van der Waals surface area contributed by atoms with Gasteiger partial charge in [0.15, 0.2) is 0 Å². The molecule has 0 spiro atoms. The maximum Gasteiger partial charge on any atom is 0.255 e. The number of hydrogen-bond donors (Lipinski definition) is 2. The molecule has 0 saturated carbocycles. The Kier molecular flexibility index (Phi) is 7.75. The zero-order valence-electron chi connectivity index (χ0n) is 21.8. The molecule has 2 amide bonds. The van der Waals surface area contributed by atoms with Gasteiger partial charge >= 0.3 is 0 Å². The predicted molar refractivity (Wildman–Crippen MR) is 167 cm³/mol. The number of hydrogen-bond acceptors (Lipinski definition) is 6. The topological polar surface area (TPSA) is 84.0 Å². The Balaban J connectivity index is 1.06. The largest absolute Gasteiger partial charge is 0.322 e. The van der Waals surface area contributed by atoms with Crippen LogP contribution in [-0.2, 0) is 6.42 Å². The fourth-order valence-electron chi connectivity index (χ4n) is 4.21. The lowest BCUT2D eigenvalue weighted by atomic mass is 10.1. The van der Waals surface area contributed by atoms with Crippen LogP contribution in [0, 0.1) is 0 Å². The molecule has 6 nitrogen and oxygen atoms in total. The first-order valence-corrected chi connectivity index (χ1v) is 14.7. The minimum Gasteiger partial charge on any atom is -0.322 e. The second kappa shape index (κ2) is 12.1. The lowest BCUT2D eigenvalue weighted by Gasteiger charge is -2.06. The van der Waals surface area contributed by atoms with Crippen LogP contribution >= 0.6 is 22.7 Å². The van der Waals surface area contributed by atoms with E-state index in [0.717, 1.165) is 43.9 Å². The molecule has 0 radical (unpaired) electrons. The van der Waals surface area contributed by atoms with Crippen LogP contribution < -0.4 is 10.6 Å². The molecular weight excluding hydrogens is 549 g/mol. The van der Waals surface area contributed by atoms with E-state index in [9.17, 15) is 9.59 Å². The molecule has 2 aromatic heterocycles. The molecule has 0 unspecified atom stereocenters. The standard InChI is InChI=1S/C33H24N4O2S2/c38-32(24-7-3-1-4-8-24)34-26-15-11-22(12-16-26)28-20-40-30(36-28)19-31-37-29(21-41-31)23-13-17-27(18-14-23)35-33(39)25-9-5-2-6-10-25/h1-18,20-21H,19H2,(H,34,38)(H,35,39). The first-order chi connectivity index (χ1) is 20.1. The van der Waals surface area contributed by atoms with E-state index in [0.29, 0.717) is 17.5 Å². The van der Waals surface area contributed by atoms with Gasteiger partial charge in [-0.1, -0.05) is 60.7 Å². The summed E-state index contributed by atoms with van der Waals surface area (Å²) in [6.45, 7) is 0. The van der Waals surface area contributed by atoms with Crippen molar-refractivity contribution in [2.45, 2.75) is 6.42 Å². The number of rotatable bonds is 8. The van der Waals surface area contributed by atoms with E-state index in [4.69, 9.17) is 9.97 Å². The Morgan fingerprint density at radius 1 is 0.537 bits per heavy atom. The van der Waals surface area contributed by atoms with Crippen LogP contribution in [0.3, 0.4) is 0 Å². The Hall–Kier alpha value is -4.92. The van der Waals surface area contributed by atoms with Crippen molar-refractivity contribution in [1.82, 2.24) is 9.97 Å². The highest BCUT2D eigenvalue weighted by molar-refractivity contribution is 7.11. The van der Waals surface area contributed by atoms with E-state index >= 15 is 0 Å². The minimum absolute atomic E-state index is 0.136. The fraction of sp³-hybridized carbons (Fsp3) is 0.0303. The number of nitrogens with one attached hydrogen (secondary N) is 2. The van der Waals surface area contributed by atoms with Crippen LogP contribution in [0.2, 0.25) is 0 Å². The molecule has 6 aromatic rings. The van der Waals surface area contributed by atoms with Gasteiger partial charge in [0.05, 0.1) is 17.8 Å². The normalized spacial score (nSPS) is 10.7. The summed E-state index contributed by atoms with van der Waals surface area (Å²) in [5.74, 6) is -0.272. The number of carbonyl (C=O) groups is 2. The third-order valence-corrected chi connectivity index (χ3v) is 8.05. The third kappa shape index (κ3) is 6.46. The van der Waals surface area contributed by atoms with Gasteiger partial charge in [-0.25, -0.2) is 9.97 Å². The van der Waals surface area contributed by atoms with Crippen LogP contribution in [0.4, 0.5) is 11.4 Å². The van der Waals surface area contributed by atoms with Crippen LogP contribution in [0.15, 0.2) is 120 Å². The maximum atomic E-state index is 12.4. The SMILES string of the molecule is O=C(Nc1ccc(-c2csc(Cc3nc(-c4ccc(NC(=O)c5ccccc5)cc4)cs3)n2)cc1)c1ccccc1. The molecule has 0 fully saturated rings. The highest BCUT2D eigenvalue weighted by Crippen LogP contribution is 2.28. The Morgan fingerprint density at radius 3 is 1.32 bits per heavy atom. The van der Waals surface area contributed by atoms with E-state index in [2.05, 4.69) is 10.6 Å². The van der Waals surface area contributed by atoms with Gasteiger partial charge in [0, 0.05) is 44.4 Å². The van der Waals surface area contributed by atoms with Gasteiger partial charge in [0.25, 0.3) is 11.8 Å². The summed E-state index contributed by atoms with van der Waals surface area (Å²) < 4.78 is 0. The monoisotopic (exact) mass is 572 g/mol. The summed E-state index contributed by atoms with van der Waals surface area (Å²) in [4.78, 5) is 34.4. The number of aromatic nitrogens is 2. The molecule has 6 rings (SSSR count). The van der Waals surface area contributed by atoms with Gasteiger partial charge in [0.1, 0.15) is 10.0 Å². The van der Waals surface area contributed by atoms with E-state index in [-0.39, 0.29) is 11.8 Å². The van der Waals surface area contributed by atoms with Gasteiger partial charge in [-0.2, -0.15) is 0 Å². The third-order valence-electron chi connectivity index (χ3n) is 6.35. The van der Waals surface area contributed by atoms with Gasteiger partial charge in [-0.15, -0.1) is 22.7 Å². The van der Waals surface area contributed by atoms with Crippen molar-refractivity contribution in [2.75, 3.05) is 10.6 Å². The molecule has 0 saturated heterocycles. The first-order valence-electron chi connectivity index (χ1n) is 12.9. The quantitative estimate of drug-likeness (QED) is 0.193. The summed E-state index contributed by atoms with van der Waals surface area (Å²) in [6.07, 6.45) is 0.658. The molecule has 2 heterocycles. The summed E-state index contributed by atoms with van der Waals surface area (Å²) in [5.41, 5.74) is 6.49. The van der Waals surface area contributed by atoms with E-state index in [1.54, 1.807) is 46.9 Å². The zero-order chi connectivity index (χ0) is 28.0. The molecule has 41 heavy (non-hydrogen) atoms. The van der Waals surface area contributed by atoms with E-state index in [1.807, 2.05) is 95.7 Å². The van der Waals surface area contributed by atoms with Crippen molar-refractivity contribution in [3.8, 4) is 22.5 Å². The molecule has 8 heteroatoms. The summed E-state index contributed by atoms with van der Waals surface area (Å²) in [6, 6.07) is 33.7. The van der Waals surface area contributed by atoms with E-state index < -0.39 is 0 Å². The molecule has 0 aliphatic carbocycles.